The molecule has 0 aliphatic rings. The Morgan fingerprint density at radius 3 is 2.87 bits per heavy atom. The van der Waals surface area contributed by atoms with Gasteiger partial charge in [-0.2, -0.15) is 0 Å². The molecule has 0 aliphatic carbocycles. The number of rotatable bonds is 6. The number of aromatic amines is 1. The average molecular weight is 313 g/mol. The van der Waals surface area contributed by atoms with E-state index in [1.54, 1.807) is 0 Å². The molecule has 0 saturated heterocycles. The summed E-state index contributed by atoms with van der Waals surface area (Å²) >= 11 is 0. The zero-order valence-electron chi connectivity index (χ0n) is 13.1. The fraction of sp³-hybridized carbons (Fsp3) is 0.400. The van der Waals surface area contributed by atoms with E-state index in [-0.39, 0.29) is 17.9 Å². The molecule has 0 spiro atoms. The number of hydrogen-bond donors (Lipinski definition) is 2. The maximum Gasteiger partial charge on any atom is 0.222 e. The molecule has 3 rings (SSSR count). The predicted molar refractivity (Wildman–Crippen MR) is 84.2 cm³/mol. The number of nitrogens with zero attached hydrogens (tertiary/aromatic N) is 5. The monoisotopic (exact) mass is 313 g/mol. The quantitative estimate of drug-likeness (QED) is 0.717. The molecule has 1 aromatic carbocycles. The Kier molecular flexibility index (Phi) is 4.31. The van der Waals surface area contributed by atoms with Crippen LogP contribution in [0.15, 0.2) is 30.6 Å². The maximum atomic E-state index is 12.2. The number of H-pyrrole nitrogens is 1. The SMILES string of the molecule is CC(C)C(NC(=O)CCn1cnnn1)c1nc2ccccc2[nH]1. The summed E-state index contributed by atoms with van der Waals surface area (Å²) in [6.07, 6.45) is 1.81. The van der Waals surface area contributed by atoms with Crippen LogP contribution in [0.1, 0.15) is 32.1 Å². The van der Waals surface area contributed by atoms with Crippen molar-refractivity contribution in [1.82, 2.24) is 35.5 Å². The summed E-state index contributed by atoms with van der Waals surface area (Å²) < 4.78 is 1.53. The van der Waals surface area contributed by atoms with Crippen LogP contribution in [-0.4, -0.2) is 36.1 Å². The van der Waals surface area contributed by atoms with Gasteiger partial charge in [0.1, 0.15) is 12.2 Å². The third-order valence-corrected chi connectivity index (χ3v) is 3.64. The second-order valence-corrected chi connectivity index (χ2v) is 5.75. The van der Waals surface area contributed by atoms with Crippen molar-refractivity contribution >= 4 is 16.9 Å². The smallest absolute Gasteiger partial charge is 0.222 e. The summed E-state index contributed by atoms with van der Waals surface area (Å²) in [7, 11) is 0. The fourth-order valence-corrected chi connectivity index (χ4v) is 2.42. The molecule has 2 N–H and O–H groups in total. The van der Waals surface area contributed by atoms with Crippen LogP contribution in [0.4, 0.5) is 0 Å². The van der Waals surface area contributed by atoms with Crippen LogP contribution >= 0.6 is 0 Å². The van der Waals surface area contributed by atoms with E-state index in [4.69, 9.17) is 0 Å². The Hall–Kier alpha value is -2.77. The van der Waals surface area contributed by atoms with Gasteiger partial charge >= 0.3 is 0 Å². The first kappa shape index (κ1) is 15.1. The highest BCUT2D eigenvalue weighted by Gasteiger charge is 2.21. The number of imidazole rings is 1. The van der Waals surface area contributed by atoms with Gasteiger partial charge in [-0.15, -0.1) is 5.10 Å². The second-order valence-electron chi connectivity index (χ2n) is 5.75. The number of hydrogen-bond acceptors (Lipinski definition) is 5. The molecule has 0 bridgehead atoms. The molecule has 0 saturated carbocycles. The molecular weight excluding hydrogens is 294 g/mol. The maximum absolute atomic E-state index is 12.2. The van der Waals surface area contributed by atoms with Crippen molar-refractivity contribution in [3.8, 4) is 0 Å². The molecule has 3 aromatic rings. The molecule has 8 heteroatoms. The van der Waals surface area contributed by atoms with Gasteiger partial charge in [0.15, 0.2) is 0 Å². The molecule has 0 fully saturated rings. The number of carbonyl (C=O) groups excluding carboxylic acids is 1. The second kappa shape index (κ2) is 6.55. The lowest BCUT2D eigenvalue weighted by Crippen LogP contribution is -2.33. The third kappa shape index (κ3) is 3.53. The minimum atomic E-state index is -0.163. The van der Waals surface area contributed by atoms with Crippen LogP contribution < -0.4 is 5.32 Å². The minimum absolute atomic E-state index is 0.0559. The lowest BCUT2D eigenvalue weighted by molar-refractivity contribution is -0.122. The number of fused-ring (bicyclic) bond motifs is 1. The highest BCUT2D eigenvalue weighted by atomic mass is 16.1. The van der Waals surface area contributed by atoms with E-state index in [1.165, 1.54) is 11.0 Å². The molecule has 23 heavy (non-hydrogen) atoms. The van der Waals surface area contributed by atoms with Gasteiger partial charge in [-0.05, 0) is 28.5 Å². The van der Waals surface area contributed by atoms with Crippen molar-refractivity contribution in [3.63, 3.8) is 0 Å². The molecule has 2 heterocycles. The van der Waals surface area contributed by atoms with Crippen molar-refractivity contribution in [1.29, 1.82) is 0 Å². The first-order valence-corrected chi connectivity index (χ1v) is 7.58. The number of benzene rings is 1. The number of para-hydroxylation sites is 2. The Morgan fingerprint density at radius 2 is 2.17 bits per heavy atom. The highest BCUT2D eigenvalue weighted by Crippen LogP contribution is 2.22. The van der Waals surface area contributed by atoms with E-state index >= 15 is 0 Å². The fourth-order valence-electron chi connectivity index (χ4n) is 2.42. The van der Waals surface area contributed by atoms with Gasteiger partial charge in [-0.1, -0.05) is 26.0 Å². The molecule has 1 amide bonds. The topological polar surface area (TPSA) is 101 Å². The third-order valence-electron chi connectivity index (χ3n) is 3.64. The van der Waals surface area contributed by atoms with Gasteiger partial charge in [0.2, 0.25) is 5.91 Å². The van der Waals surface area contributed by atoms with E-state index in [0.29, 0.717) is 13.0 Å². The summed E-state index contributed by atoms with van der Waals surface area (Å²) in [4.78, 5) is 20.1. The zero-order chi connectivity index (χ0) is 16.2. The molecular formula is C15H19N7O. The predicted octanol–water partition coefficient (Wildman–Crippen LogP) is 1.45. The van der Waals surface area contributed by atoms with Crippen LogP contribution in [0.5, 0.6) is 0 Å². The first-order chi connectivity index (χ1) is 11.1. The van der Waals surface area contributed by atoms with Gasteiger partial charge in [-0.25, -0.2) is 9.67 Å². The molecule has 0 aliphatic heterocycles. The van der Waals surface area contributed by atoms with Crippen LogP contribution in [-0.2, 0) is 11.3 Å². The molecule has 8 nitrogen and oxygen atoms in total. The van der Waals surface area contributed by atoms with Gasteiger partial charge < -0.3 is 10.3 Å². The van der Waals surface area contributed by atoms with E-state index < -0.39 is 0 Å². The van der Waals surface area contributed by atoms with Crippen LogP contribution in [0.3, 0.4) is 0 Å². The Labute approximate surface area is 133 Å². The van der Waals surface area contributed by atoms with E-state index in [1.807, 2.05) is 24.3 Å². The van der Waals surface area contributed by atoms with Crippen molar-refractivity contribution in [2.45, 2.75) is 32.9 Å². The standard InChI is InChI=1S/C15H19N7O/c1-10(2)14(15-17-11-5-3-4-6-12(11)18-15)19-13(23)7-8-22-9-16-20-21-22/h3-6,9-10,14H,7-8H2,1-2H3,(H,17,18)(H,19,23). The van der Waals surface area contributed by atoms with Gasteiger partial charge in [-0.3, -0.25) is 4.79 Å². The number of amides is 1. The van der Waals surface area contributed by atoms with Crippen molar-refractivity contribution in [2.75, 3.05) is 0 Å². The summed E-state index contributed by atoms with van der Waals surface area (Å²) in [6, 6.07) is 7.67. The molecule has 1 unspecified atom stereocenters. The zero-order valence-corrected chi connectivity index (χ0v) is 13.1. The lowest BCUT2D eigenvalue weighted by Gasteiger charge is -2.20. The lowest BCUT2D eigenvalue weighted by atomic mass is 10.0. The first-order valence-electron chi connectivity index (χ1n) is 7.58. The Balaban J connectivity index is 1.69. The van der Waals surface area contributed by atoms with Crippen LogP contribution in [0.2, 0.25) is 0 Å². The minimum Gasteiger partial charge on any atom is -0.346 e. The number of carbonyl (C=O) groups is 1. The Morgan fingerprint density at radius 1 is 1.35 bits per heavy atom. The summed E-state index contributed by atoms with van der Waals surface area (Å²) in [5.74, 6) is 0.934. The van der Waals surface area contributed by atoms with Crippen molar-refractivity contribution in [2.24, 2.45) is 5.92 Å². The number of aromatic nitrogens is 6. The summed E-state index contributed by atoms with van der Waals surface area (Å²) in [5, 5.41) is 13.9. The van der Waals surface area contributed by atoms with Gasteiger partial charge in [0, 0.05) is 6.42 Å². The largest absolute Gasteiger partial charge is 0.346 e. The average Bonchev–Trinajstić information content (AvgIpc) is 3.19. The van der Waals surface area contributed by atoms with E-state index in [0.717, 1.165) is 16.9 Å². The van der Waals surface area contributed by atoms with Crippen molar-refractivity contribution in [3.05, 3.63) is 36.4 Å². The Bertz CT molecular complexity index is 745. The van der Waals surface area contributed by atoms with Gasteiger partial charge in [0.25, 0.3) is 0 Å². The normalized spacial score (nSPS) is 12.7. The van der Waals surface area contributed by atoms with Crippen LogP contribution in [0, 0.1) is 5.92 Å². The van der Waals surface area contributed by atoms with E-state index in [2.05, 4.69) is 44.7 Å². The molecule has 1 atom stereocenters. The molecule has 120 valence electrons. The molecule has 0 radical (unpaired) electrons. The number of tetrazole rings is 1. The summed E-state index contributed by atoms with van der Waals surface area (Å²) in [5.41, 5.74) is 1.87. The van der Waals surface area contributed by atoms with Gasteiger partial charge in [0.05, 0.1) is 23.6 Å². The number of aryl methyl sites for hydroxylation is 1. The molecule has 2 aromatic heterocycles. The van der Waals surface area contributed by atoms with Crippen LogP contribution in [0.25, 0.3) is 11.0 Å². The summed E-state index contributed by atoms with van der Waals surface area (Å²) in [6.45, 7) is 4.56. The number of nitrogens with one attached hydrogen (secondary N) is 2. The van der Waals surface area contributed by atoms with E-state index in [9.17, 15) is 4.79 Å². The highest BCUT2D eigenvalue weighted by molar-refractivity contribution is 5.77. The van der Waals surface area contributed by atoms with Crippen molar-refractivity contribution < 1.29 is 4.79 Å².